The number of carbonyl (C=O) groups excluding carboxylic acids is 1. The number of benzene rings is 1. The molecule has 0 aliphatic rings. The SMILES string of the molecule is Cc1cc(C)c(C(=O)c2ccnc(CN)c2)c(F)c1. The fourth-order valence-corrected chi connectivity index (χ4v) is 2.08. The number of aromatic nitrogens is 1. The Morgan fingerprint density at radius 2 is 2.05 bits per heavy atom. The van der Waals surface area contributed by atoms with E-state index in [1.54, 1.807) is 32.0 Å². The Bertz CT molecular complexity index is 615. The smallest absolute Gasteiger partial charge is 0.196 e. The summed E-state index contributed by atoms with van der Waals surface area (Å²) in [5, 5.41) is 0. The monoisotopic (exact) mass is 258 g/mol. The molecule has 1 heterocycles. The van der Waals surface area contributed by atoms with Crippen LogP contribution in [-0.2, 0) is 6.54 Å². The number of hydrogen-bond donors (Lipinski definition) is 1. The first-order chi connectivity index (χ1) is 9.02. The maximum atomic E-state index is 14.0. The van der Waals surface area contributed by atoms with Crippen LogP contribution in [0, 0.1) is 19.7 Å². The lowest BCUT2D eigenvalue weighted by Gasteiger charge is -2.08. The number of halogens is 1. The molecular weight excluding hydrogens is 243 g/mol. The Balaban J connectivity index is 2.50. The molecule has 0 bridgehead atoms. The molecule has 19 heavy (non-hydrogen) atoms. The van der Waals surface area contributed by atoms with Crippen molar-refractivity contribution in [2.75, 3.05) is 0 Å². The van der Waals surface area contributed by atoms with Crippen molar-refractivity contribution in [3.63, 3.8) is 0 Å². The van der Waals surface area contributed by atoms with E-state index in [1.807, 2.05) is 0 Å². The Labute approximate surface area is 111 Å². The fourth-order valence-electron chi connectivity index (χ4n) is 2.08. The number of nitrogens with zero attached hydrogens (tertiary/aromatic N) is 1. The van der Waals surface area contributed by atoms with Crippen molar-refractivity contribution in [2.24, 2.45) is 5.73 Å². The van der Waals surface area contributed by atoms with E-state index in [9.17, 15) is 9.18 Å². The summed E-state index contributed by atoms with van der Waals surface area (Å²) in [6.45, 7) is 3.77. The van der Waals surface area contributed by atoms with Crippen LogP contribution >= 0.6 is 0 Å². The van der Waals surface area contributed by atoms with E-state index in [1.165, 1.54) is 12.3 Å². The number of hydrogen-bond acceptors (Lipinski definition) is 3. The van der Waals surface area contributed by atoms with Crippen molar-refractivity contribution in [2.45, 2.75) is 20.4 Å². The topological polar surface area (TPSA) is 56.0 Å². The third-order valence-electron chi connectivity index (χ3n) is 2.95. The second-order valence-electron chi connectivity index (χ2n) is 4.51. The van der Waals surface area contributed by atoms with Gasteiger partial charge in [-0.05, 0) is 43.2 Å². The molecule has 0 unspecified atom stereocenters. The average Bonchev–Trinajstić information content (AvgIpc) is 2.37. The standard InChI is InChI=1S/C15H15FN2O/c1-9-5-10(2)14(13(16)6-9)15(19)11-3-4-18-12(7-11)8-17/h3-7H,8,17H2,1-2H3. The number of nitrogens with two attached hydrogens (primary N) is 1. The summed E-state index contributed by atoms with van der Waals surface area (Å²) in [4.78, 5) is 16.4. The molecule has 2 aromatic rings. The van der Waals surface area contributed by atoms with Crippen LogP contribution < -0.4 is 5.73 Å². The van der Waals surface area contributed by atoms with E-state index in [0.717, 1.165) is 5.56 Å². The van der Waals surface area contributed by atoms with Gasteiger partial charge in [-0.1, -0.05) is 6.07 Å². The second kappa shape index (κ2) is 5.28. The van der Waals surface area contributed by atoms with Gasteiger partial charge in [-0.3, -0.25) is 9.78 Å². The lowest BCUT2D eigenvalue weighted by Crippen LogP contribution is -2.09. The van der Waals surface area contributed by atoms with Crippen LogP contribution in [0.15, 0.2) is 30.5 Å². The number of rotatable bonds is 3. The maximum absolute atomic E-state index is 14.0. The molecule has 2 rings (SSSR count). The molecule has 0 aliphatic carbocycles. The van der Waals surface area contributed by atoms with Gasteiger partial charge in [-0.25, -0.2) is 4.39 Å². The lowest BCUT2D eigenvalue weighted by molar-refractivity contribution is 0.103. The highest BCUT2D eigenvalue weighted by Gasteiger charge is 2.17. The van der Waals surface area contributed by atoms with Crippen LogP contribution in [0.2, 0.25) is 0 Å². The molecule has 4 heteroatoms. The molecule has 98 valence electrons. The summed E-state index contributed by atoms with van der Waals surface area (Å²) in [6.07, 6.45) is 1.51. The van der Waals surface area contributed by atoms with Crippen molar-refractivity contribution in [1.82, 2.24) is 4.98 Å². The van der Waals surface area contributed by atoms with Crippen molar-refractivity contribution in [1.29, 1.82) is 0 Å². The third kappa shape index (κ3) is 2.69. The molecule has 0 saturated carbocycles. The van der Waals surface area contributed by atoms with Gasteiger partial charge in [0.1, 0.15) is 5.82 Å². The zero-order valence-corrected chi connectivity index (χ0v) is 10.9. The number of carbonyl (C=O) groups is 1. The van der Waals surface area contributed by atoms with E-state index in [-0.39, 0.29) is 17.9 Å². The minimum Gasteiger partial charge on any atom is -0.325 e. The Hall–Kier alpha value is -2.07. The van der Waals surface area contributed by atoms with Gasteiger partial charge in [0.25, 0.3) is 0 Å². The normalized spacial score (nSPS) is 10.5. The zero-order chi connectivity index (χ0) is 14.0. The molecule has 0 spiro atoms. The summed E-state index contributed by atoms with van der Waals surface area (Å²) in [6, 6.07) is 6.33. The highest BCUT2D eigenvalue weighted by molar-refractivity contribution is 6.10. The van der Waals surface area contributed by atoms with E-state index < -0.39 is 5.82 Å². The Kier molecular flexibility index (Phi) is 3.71. The maximum Gasteiger partial charge on any atom is 0.196 e. The molecule has 0 fully saturated rings. The van der Waals surface area contributed by atoms with E-state index in [2.05, 4.69) is 4.98 Å². The number of ketones is 1. The van der Waals surface area contributed by atoms with Crippen LogP contribution in [-0.4, -0.2) is 10.8 Å². The molecule has 0 radical (unpaired) electrons. The molecule has 0 atom stereocenters. The van der Waals surface area contributed by atoms with Gasteiger partial charge in [0, 0.05) is 18.3 Å². The molecule has 0 amide bonds. The Morgan fingerprint density at radius 1 is 1.32 bits per heavy atom. The number of aryl methyl sites for hydroxylation is 2. The quantitative estimate of drug-likeness (QED) is 0.861. The highest BCUT2D eigenvalue weighted by Crippen LogP contribution is 2.19. The molecule has 0 saturated heterocycles. The number of pyridine rings is 1. The van der Waals surface area contributed by atoms with Gasteiger partial charge in [0.15, 0.2) is 5.78 Å². The zero-order valence-electron chi connectivity index (χ0n) is 10.9. The van der Waals surface area contributed by atoms with Gasteiger partial charge in [-0.15, -0.1) is 0 Å². The van der Waals surface area contributed by atoms with E-state index >= 15 is 0 Å². The van der Waals surface area contributed by atoms with Gasteiger partial charge in [0.2, 0.25) is 0 Å². The summed E-state index contributed by atoms with van der Waals surface area (Å²) in [5.74, 6) is -0.833. The largest absolute Gasteiger partial charge is 0.325 e. The fraction of sp³-hybridized carbons (Fsp3) is 0.200. The van der Waals surface area contributed by atoms with Crippen LogP contribution in [0.1, 0.15) is 32.7 Å². The van der Waals surface area contributed by atoms with E-state index in [4.69, 9.17) is 5.73 Å². The molecular formula is C15H15FN2O. The Morgan fingerprint density at radius 3 is 2.68 bits per heavy atom. The van der Waals surface area contributed by atoms with Gasteiger partial charge >= 0.3 is 0 Å². The summed E-state index contributed by atoms with van der Waals surface area (Å²) < 4.78 is 14.0. The van der Waals surface area contributed by atoms with Gasteiger partial charge < -0.3 is 5.73 Å². The third-order valence-corrected chi connectivity index (χ3v) is 2.95. The molecule has 1 aromatic heterocycles. The summed E-state index contributed by atoms with van der Waals surface area (Å²) >= 11 is 0. The van der Waals surface area contributed by atoms with Crippen LogP contribution in [0.4, 0.5) is 4.39 Å². The summed E-state index contributed by atoms with van der Waals surface area (Å²) in [5.41, 5.74) is 8.04. The lowest BCUT2D eigenvalue weighted by atomic mass is 9.97. The first-order valence-corrected chi connectivity index (χ1v) is 5.99. The van der Waals surface area contributed by atoms with E-state index in [0.29, 0.717) is 16.8 Å². The first kappa shape index (κ1) is 13.4. The summed E-state index contributed by atoms with van der Waals surface area (Å²) in [7, 11) is 0. The van der Waals surface area contributed by atoms with Gasteiger partial charge in [0.05, 0.1) is 11.3 Å². The first-order valence-electron chi connectivity index (χ1n) is 5.99. The second-order valence-corrected chi connectivity index (χ2v) is 4.51. The van der Waals surface area contributed by atoms with Crippen molar-refractivity contribution in [3.05, 3.63) is 64.2 Å². The minimum atomic E-state index is -0.492. The average molecular weight is 258 g/mol. The van der Waals surface area contributed by atoms with Crippen LogP contribution in [0.5, 0.6) is 0 Å². The van der Waals surface area contributed by atoms with Gasteiger partial charge in [-0.2, -0.15) is 0 Å². The van der Waals surface area contributed by atoms with Crippen LogP contribution in [0.25, 0.3) is 0 Å². The minimum absolute atomic E-state index is 0.111. The van der Waals surface area contributed by atoms with Crippen molar-refractivity contribution in [3.8, 4) is 0 Å². The predicted octanol–water partition coefficient (Wildman–Crippen LogP) is 2.53. The molecule has 3 nitrogen and oxygen atoms in total. The van der Waals surface area contributed by atoms with Crippen LogP contribution in [0.3, 0.4) is 0 Å². The molecule has 2 N–H and O–H groups in total. The highest BCUT2D eigenvalue weighted by atomic mass is 19.1. The molecule has 0 aliphatic heterocycles. The van der Waals surface area contributed by atoms with Crippen molar-refractivity contribution < 1.29 is 9.18 Å². The predicted molar refractivity (Wildman–Crippen MR) is 71.4 cm³/mol. The molecule has 1 aromatic carbocycles. The van der Waals surface area contributed by atoms with Crippen molar-refractivity contribution >= 4 is 5.78 Å².